The van der Waals surface area contributed by atoms with E-state index in [0.717, 1.165) is 16.7 Å². The van der Waals surface area contributed by atoms with Crippen molar-refractivity contribution < 1.29 is 13.9 Å². The number of guanidine groups is 1. The SMILES string of the molecule is CN1C(=O)C2(CC(C)(Cc3ccc(F)cc3)Oc3ccc(-c4cncnc4)cc32)N=C1N. The van der Waals surface area contributed by atoms with Crippen LogP contribution in [0.2, 0.25) is 0 Å². The number of aliphatic imine (C=N–C) groups is 1. The summed E-state index contributed by atoms with van der Waals surface area (Å²) in [6.07, 6.45) is 5.67. The quantitative estimate of drug-likeness (QED) is 0.688. The number of benzene rings is 2. The van der Waals surface area contributed by atoms with Crippen molar-refractivity contribution >= 4 is 11.9 Å². The van der Waals surface area contributed by atoms with Crippen molar-refractivity contribution in [2.24, 2.45) is 10.7 Å². The Morgan fingerprint density at radius 2 is 1.84 bits per heavy atom. The number of halogens is 1. The van der Waals surface area contributed by atoms with Crippen molar-refractivity contribution in [1.29, 1.82) is 0 Å². The minimum absolute atomic E-state index is 0.167. The van der Waals surface area contributed by atoms with Crippen LogP contribution in [0.25, 0.3) is 11.1 Å². The number of nitrogens with two attached hydrogens (primary N) is 1. The van der Waals surface area contributed by atoms with Gasteiger partial charge in [0.1, 0.15) is 23.5 Å². The monoisotopic (exact) mass is 431 g/mol. The third-order valence-corrected chi connectivity index (χ3v) is 6.10. The molecule has 2 aliphatic heterocycles. The maximum atomic E-state index is 13.5. The zero-order valence-electron chi connectivity index (χ0n) is 17.7. The predicted molar refractivity (Wildman–Crippen MR) is 117 cm³/mol. The first-order chi connectivity index (χ1) is 15.3. The van der Waals surface area contributed by atoms with Gasteiger partial charge in [0, 0.05) is 43.4 Å². The smallest absolute Gasteiger partial charge is 0.261 e. The highest BCUT2D eigenvalue weighted by Crippen LogP contribution is 2.50. The number of likely N-dealkylation sites (N-methyl/N-ethyl adjacent to an activating group) is 1. The molecule has 0 saturated carbocycles. The van der Waals surface area contributed by atoms with Gasteiger partial charge in [0.05, 0.1) is 0 Å². The summed E-state index contributed by atoms with van der Waals surface area (Å²) in [7, 11) is 1.62. The molecule has 2 unspecified atom stereocenters. The second kappa shape index (κ2) is 7.12. The average Bonchev–Trinajstić information content (AvgIpc) is 2.99. The lowest BCUT2D eigenvalue weighted by molar-refractivity contribution is -0.133. The van der Waals surface area contributed by atoms with Gasteiger partial charge in [-0.15, -0.1) is 0 Å². The maximum absolute atomic E-state index is 13.5. The number of amides is 1. The lowest BCUT2D eigenvalue weighted by Gasteiger charge is -2.43. The largest absolute Gasteiger partial charge is 0.487 e. The summed E-state index contributed by atoms with van der Waals surface area (Å²) < 4.78 is 19.8. The van der Waals surface area contributed by atoms with E-state index in [1.165, 1.54) is 23.4 Å². The number of carbonyl (C=O) groups is 1. The van der Waals surface area contributed by atoms with E-state index in [4.69, 9.17) is 10.5 Å². The maximum Gasteiger partial charge on any atom is 0.261 e. The van der Waals surface area contributed by atoms with Crippen LogP contribution >= 0.6 is 0 Å². The molecule has 8 heteroatoms. The van der Waals surface area contributed by atoms with Gasteiger partial charge in [0.2, 0.25) is 0 Å². The summed E-state index contributed by atoms with van der Waals surface area (Å²) in [6.45, 7) is 1.94. The minimum atomic E-state index is -1.20. The van der Waals surface area contributed by atoms with Crippen LogP contribution in [0.4, 0.5) is 4.39 Å². The van der Waals surface area contributed by atoms with E-state index in [9.17, 15) is 9.18 Å². The summed E-state index contributed by atoms with van der Waals surface area (Å²) in [5, 5.41) is 0. The minimum Gasteiger partial charge on any atom is -0.487 e. The van der Waals surface area contributed by atoms with E-state index in [1.807, 2.05) is 25.1 Å². The van der Waals surface area contributed by atoms with Gasteiger partial charge in [0.25, 0.3) is 5.91 Å². The number of carbonyl (C=O) groups excluding carboxylic acids is 1. The molecule has 0 radical (unpaired) electrons. The molecular formula is C24H22FN5O2. The molecule has 1 spiro atoms. The number of rotatable bonds is 3. The van der Waals surface area contributed by atoms with Crippen molar-refractivity contribution in [3.8, 4) is 16.9 Å². The Labute approximate surface area is 184 Å². The molecule has 2 atom stereocenters. The summed E-state index contributed by atoms with van der Waals surface area (Å²) in [5.41, 5.74) is 7.37. The molecule has 0 bridgehead atoms. The summed E-state index contributed by atoms with van der Waals surface area (Å²) in [6, 6.07) is 12.0. The summed E-state index contributed by atoms with van der Waals surface area (Å²) >= 11 is 0. The van der Waals surface area contributed by atoms with Crippen LogP contribution < -0.4 is 10.5 Å². The fourth-order valence-electron chi connectivity index (χ4n) is 4.63. The number of hydrogen-bond acceptors (Lipinski definition) is 6. The van der Waals surface area contributed by atoms with Gasteiger partial charge in [-0.25, -0.2) is 19.4 Å². The molecule has 1 aromatic heterocycles. The first-order valence-corrected chi connectivity index (χ1v) is 10.3. The highest BCUT2D eigenvalue weighted by molar-refractivity contribution is 6.07. The third kappa shape index (κ3) is 3.19. The van der Waals surface area contributed by atoms with Gasteiger partial charge in [-0.2, -0.15) is 0 Å². The van der Waals surface area contributed by atoms with E-state index < -0.39 is 11.1 Å². The molecule has 5 rings (SSSR count). The van der Waals surface area contributed by atoms with Crippen LogP contribution in [0, 0.1) is 5.82 Å². The first-order valence-electron chi connectivity index (χ1n) is 10.3. The van der Waals surface area contributed by atoms with Gasteiger partial charge in [0.15, 0.2) is 11.5 Å². The average molecular weight is 431 g/mol. The number of ether oxygens (including phenoxy) is 1. The molecule has 162 valence electrons. The molecule has 1 amide bonds. The van der Waals surface area contributed by atoms with Crippen LogP contribution in [0.3, 0.4) is 0 Å². The second-order valence-electron chi connectivity index (χ2n) is 8.56. The van der Waals surface area contributed by atoms with Crippen molar-refractivity contribution in [2.75, 3.05) is 7.05 Å². The fourth-order valence-corrected chi connectivity index (χ4v) is 4.63. The number of fused-ring (bicyclic) bond motifs is 2. The van der Waals surface area contributed by atoms with Crippen LogP contribution in [-0.2, 0) is 16.8 Å². The molecule has 2 N–H and O–H groups in total. The Morgan fingerprint density at radius 1 is 1.12 bits per heavy atom. The standard InChI is InChI=1S/C24H22FN5O2/c1-23(10-15-3-6-18(25)7-4-15)13-24(21(31)30(2)22(26)29-24)19-9-16(5-8-20(19)32-23)17-11-27-14-28-12-17/h3-9,11-12,14H,10,13H2,1-2H3,(H2,26,29). The second-order valence-corrected chi connectivity index (χ2v) is 8.56. The molecule has 2 aromatic carbocycles. The fraction of sp³-hybridized carbons (Fsp3) is 0.250. The van der Waals surface area contributed by atoms with E-state index >= 15 is 0 Å². The van der Waals surface area contributed by atoms with E-state index in [1.54, 1.807) is 31.6 Å². The Balaban J connectivity index is 1.63. The van der Waals surface area contributed by atoms with Crippen molar-refractivity contribution in [3.63, 3.8) is 0 Å². The molecule has 32 heavy (non-hydrogen) atoms. The molecule has 7 nitrogen and oxygen atoms in total. The molecule has 3 aromatic rings. The Kier molecular flexibility index (Phi) is 4.47. The number of hydrogen-bond donors (Lipinski definition) is 1. The van der Waals surface area contributed by atoms with Crippen molar-refractivity contribution in [3.05, 3.63) is 78.1 Å². The van der Waals surface area contributed by atoms with E-state index in [-0.39, 0.29) is 17.7 Å². The molecular weight excluding hydrogens is 409 g/mol. The zero-order valence-corrected chi connectivity index (χ0v) is 17.7. The van der Waals surface area contributed by atoms with Crippen molar-refractivity contribution in [2.45, 2.75) is 30.9 Å². The topological polar surface area (TPSA) is 93.7 Å². The zero-order chi connectivity index (χ0) is 22.5. The molecule has 0 saturated heterocycles. The number of aromatic nitrogens is 2. The van der Waals surface area contributed by atoms with Gasteiger partial charge in [-0.3, -0.25) is 9.69 Å². The third-order valence-electron chi connectivity index (χ3n) is 6.10. The molecule has 0 aliphatic carbocycles. The normalized spacial score (nSPS) is 24.3. The van der Waals surface area contributed by atoms with Crippen molar-refractivity contribution in [1.82, 2.24) is 14.9 Å². The van der Waals surface area contributed by atoms with Gasteiger partial charge in [-0.1, -0.05) is 18.2 Å². The first kappa shape index (κ1) is 20.1. The molecule has 3 heterocycles. The highest BCUT2D eigenvalue weighted by atomic mass is 19.1. The summed E-state index contributed by atoms with van der Waals surface area (Å²) in [5.74, 6) is 0.237. The Hall–Kier alpha value is -3.81. The lowest BCUT2D eigenvalue weighted by Crippen LogP contribution is -2.51. The van der Waals surface area contributed by atoms with Crippen LogP contribution in [-0.4, -0.2) is 39.4 Å². The lowest BCUT2D eigenvalue weighted by atomic mass is 9.74. The van der Waals surface area contributed by atoms with Gasteiger partial charge in [-0.05, 0) is 42.3 Å². The molecule has 2 aliphatic rings. The molecule has 0 fully saturated rings. The summed E-state index contributed by atoms with van der Waals surface area (Å²) in [4.78, 5) is 27.7. The number of nitrogens with zero attached hydrogens (tertiary/aromatic N) is 4. The van der Waals surface area contributed by atoms with Gasteiger partial charge < -0.3 is 10.5 Å². The highest BCUT2D eigenvalue weighted by Gasteiger charge is 2.56. The van der Waals surface area contributed by atoms with Gasteiger partial charge >= 0.3 is 0 Å². The van der Waals surface area contributed by atoms with E-state index in [0.29, 0.717) is 24.2 Å². The Bertz CT molecular complexity index is 1230. The van der Waals surface area contributed by atoms with Crippen LogP contribution in [0.1, 0.15) is 24.5 Å². The Morgan fingerprint density at radius 3 is 2.50 bits per heavy atom. The van der Waals surface area contributed by atoms with Crippen LogP contribution in [0.5, 0.6) is 5.75 Å². The predicted octanol–water partition coefficient (Wildman–Crippen LogP) is 3.05. The van der Waals surface area contributed by atoms with Crippen LogP contribution in [0.15, 0.2) is 66.2 Å². The van der Waals surface area contributed by atoms with E-state index in [2.05, 4.69) is 15.0 Å².